The molecule has 3 aromatic carbocycles. The Morgan fingerprint density at radius 2 is 1.60 bits per heavy atom. The molecular formula is C27H26N2O. The lowest BCUT2D eigenvalue weighted by Crippen LogP contribution is -2.35. The molecule has 0 aromatic heterocycles. The molecule has 0 radical (unpaired) electrons. The van der Waals surface area contributed by atoms with Crippen LogP contribution in [0.4, 0.5) is 11.4 Å². The van der Waals surface area contributed by atoms with Crippen LogP contribution in [0.3, 0.4) is 0 Å². The Balaban J connectivity index is 1.36. The van der Waals surface area contributed by atoms with Crippen molar-refractivity contribution in [3.63, 3.8) is 0 Å². The van der Waals surface area contributed by atoms with Crippen molar-refractivity contribution in [1.29, 1.82) is 0 Å². The van der Waals surface area contributed by atoms with E-state index in [1.54, 1.807) is 0 Å². The molecule has 2 fully saturated rings. The minimum Gasteiger partial charge on any atom is -0.378 e. The molecule has 3 aromatic rings. The van der Waals surface area contributed by atoms with E-state index in [1.165, 1.54) is 36.1 Å². The average molecular weight is 395 g/mol. The summed E-state index contributed by atoms with van der Waals surface area (Å²) in [6, 6.07) is 27.2. The Morgan fingerprint density at radius 1 is 0.867 bits per heavy atom. The van der Waals surface area contributed by atoms with Gasteiger partial charge in [-0.2, -0.15) is 0 Å². The second-order valence-corrected chi connectivity index (χ2v) is 9.09. The van der Waals surface area contributed by atoms with Gasteiger partial charge in [0, 0.05) is 16.9 Å². The summed E-state index contributed by atoms with van der Waals surface area (Å²) in [5, 5.41) is 6.89. The highest BCUT2D eigenvalue weighted by atomic mass is 16.1. The average Bonchev–Trinajstić information content (AvgIpc) is 3.42. The highest BCUT2D eigenvalue weighted by Crippen LogP contribution is 2.63. The Hall–Kier alpha value is -3.07. The lowest BCUT2D eigenvalue weighted by atomic mass is 9.68. The van der Waals surface area contributed by atoms with Gasteiger partial charge >= 0.3 is 0 Å². The van der Waals surface area contributed by atoms with E-state index < -0.39 is 0 Å². The summed E-state index contributed by atoms with van der Waals surface area (Å²) in [6.07, 6.45) is 4.01. The summed E-state index contributed by atoms with van der Waals surface area (Å²) in [5.74, 6) is 2.67. The van der Waals surface area contributed by atoms with Gasteiger partial charge in [0.05, 0.1) is 6.04 Å². The molecular weight excluding hydrogens is 368 g/mol. The standard InChI is InChI=1S/C27H26N2O/c30-27(28-21-9-5-2-6-10-21)20-13-14-23-22(16-20)24-18-11-12-19(15-18)25(24)26(29-23)17-7-3-1-4-8-17/h1-10,13-14,16,18-19,24-26,29H,11-12,15H2,(H,28,30)/t18-,19-,24-,25+,26+/m0/s1. The topological polar surface area (TPSA) is 41.1 Å². The minimum absolute atomic E-state index is 0.0334. The van der Waals surface area contributed by atoms with Gasteiger partial charge in [-0.3, -0.25) is 4.79 Å². The predicted octanol–water partition coefficient (Wildman–Crippen LogP) is 6.24. The van der Waals surface area contributed by atoms with Crippen molar-refractivity contribution in [3.8, 4) is 0 Å². The molecule has 2 saturated carbocycles. The number of carbonyl (C=O) groups is 1. The number of hydrogen-bond donors (Lipinski definition) is 2. The third-order valence-electron chi connectivity index (χ3n) is 7.54. The second kappa shape index (κ2) is 7.02. The highest BCUT2D eigenvalue weighted by molar-refractivity contribution is 6.04. The van der Waals surface area contributed by atoms with Crippen molar-refractivity contribution in [2.45, 2.75) is 31.2 Å². The second-order valence-electron chi connectivity index (χ2n) is 9.09. The van der Waals surface area contributed by atoms with Gasteiger partial charge in [-0.1, -0.05) is 48.5 Å². The largest absolute Gasteiger partial charge is 0.378 e. The summed E-state index contributed by atoms with van der Waals surface area (Å²) >= 11 is 0. The van der Waals surface area contributed by atoms with E-state index in [4.69, 9.17) is 0 Å². The number of rotatable bonds is 3. The van der Waals surface area contributed by atoms with E-state index in [-0.39, 0.29) is 5.91 Å². The molecule has 0 unspecified atom stereocenters. The molecule has 3 nitrogen and oxygen atoms in total. The Bertz CT molecular complexity index is 1080. The van der Waals surface area contributed by atoms with Gasteiger partial charge < -0.3 is 10.6 Å². The number of amides is 1. The smallest absolute Gasteiger partial charge is 0.255 e. The monoisotopic (exact) mass is 394 g/mol. The first kappa shape index (κ1) is 17.8. The third kappa shape index (κ3) is 2.84. The zero-order chi connectivity index (χ0) is 20.1. The summed E-state index contributed by atoms with van der Waals surface area (Å²) in [6.45, 7) is 0. The first-order valence-corrected chi connectivity index (χ1v) is 11.1. The van der Waals surface area contributed by atoms with Crippen molar-refractivity contribution in [3.05, 3.63) is 95.6 Å². The van der Waals surface area contributed by atoms with Gasteiger partial charge in [-0.05, 0) is 84.4 Å². The summed E-state index contributed by atoms with van der Waals surface area (Å²) < 4.78 is 0. The molecule has 1 aliphatic heterocycles. The van der Waals surface area contributed by atoms with Crippen molar-refractivity contribution in [2.24, 2.45) is 17.8 Å². The highest BCUT2D eigenvalue weighted by Gasteiger charge is 2.53. The number of hydrogen-bond acceptors (Lipinski definition) is 2. The zero-order valence-corrected chi connectivity index (χ0v) is 16.9. The lowest BCUT2D eigenvalue weighted by Gasteiger charge is -2.43. The van der Waals surface area contributed by atoms with Crippen LogP contribution in [-0.2, 0) is 0 Å². The van der Waals surface area contributed by atoms with Gasteiger partial charge in [0.15, 0.2) is 0 Å². The van der Waals surface area contributed by atoms with E-state index in [0.717, 1.165) is 23.1 Å². The van der Waals surface area contributed by atoms with Crippen molar-refractivity contribution in [2.75, 3.05) is 10.6 Å². The first-order valence-electron chi connectivity index (χ1n) is 11.1. The molecule has 150 valence electrons. The fourth-order valence-corrected chi connectivity index (χ4v) is 6.34. The molecule has 3 heteroatoms. The molecule has 30 heavy (non-hydrogen) atoms. The number of para-hydroxylation sites is 1. The Morgan fingerprint density at radius 3 is 2.40 bits per heavy atom. The quantitative estimate of drug-likeness (QED) is 0.552. The van der Waals surface area contributed by atoms with Gasteiger partial charge in [0.1, 0.15) is 0 Å². The van der Waals surface area contributed by atoms with Crippen LogP contribution in [0.5, 0.6) is 0 Å². The van der Waals surface area contributed by atoms with Crippen molar-refractivity contribution in [1.82, 2.24) is 0 Å². The van der Waals surface area contributed by atoms with Crippen LogP contribution in [0.25, 0.3) is 0 Å². The van der Waals surface area contributed by atoms with Crippen LogP contribution in [0.15, 0.2) is 78.9 Å². The SMILES string of the molecule is O=C(Nc1ccccc1)c1ccc2c(c1)[C@@H]1[C@H]3CC[C@@H](C3)[C@H]1[C@@H](c1ccccc1)N2. The normalized spacial score (nSPS) is 28.3. The first-order chi connectivity index (χ1) is 14.8. The van der Waals surface area contributed by atoms with Crippen LogP contribution in [0.2, 0.25) is 0 Å². The Kier molecular flexibility index (Phi) is 4.15. The summed E-state index contributed by atoms with van der Waals surface area (Å²) in [7, 11) is 0. The zero-order valence-electron chi connectivity index (χ0n) is 16.9. The number of carbonyl (C=O) groups excluding carboxylic acids is 1. The number of fused-ring (bicyclic) bond motifs is 7. The molecule has 0 saturated heterocycles. The molecule has 6 rings (SSSR count). The van der Waals surface area contributed by atoms with Crippen LogP contribution in [0, 0.1) is 17.8 Å². The number of anilines is 2. The van der Waals surface area contributed by atoms with E-state index in [2.05, 4.69) is 53.1 Å². The maximum absolute atomic E-state index is 12.9. The maximum Gasteiger partial charge on any atom is 0.255 e. The van der Waals surface area contributed by atoms with Crippen molar-refractivity contribution >= 4 is 17.3 Å². The van der Waals surface area contributed by atoms with Gasteiger partial charge in [0.25, 0.3) is 5.91 Å². The fourth-order valence-electron chi connectivity index (χ4n) is 6.34. The molecule has 1 amide bonds. The van der Waals surface area contributed by atoms with Gasteiger partial charge in [0.2, 0.25) is 0 Å². The molecule has 0 spiro atoms. The number of nitrogens with one attached hydrogen (secondary N) is 2. The van der Waals surface area contributed by atoms with Crippen LogP contribution in [0.1, 0.15) is 52.7 Å². The van der Waals surface area contributed by atoms with Crippen LogP contribution in [-0.4, -0.2) is 5.91 Å². The third-order valence-corrected chi connectivity index (χ3v) is 7.54. The van der Waals surface area contributed by atoms with Crippen LogP contribution >= 0.6 is 0 Å². The molecule has 1 heterocycles. The molecule has 3 aliphatic rings. The molecule has 2 N–H and O–H groups in total. The minimum atomic E-state index is -0.0334. The summed E-state index contributed by atoms with van der Waals surface area (Å²) in [5.41, 5.74) is 5.52. The molecule has 2 bridgehead atoms. The fraction of sp³-hybridized carbons (Fsp3) is 0.296. The van der Waals surface area contributed by atoms with Gasteiger partial charge in [-0.15, -0.1) is 0 Å². The predicted molar refractivity (Wildman–Crippen MR) is 121 cm³/mol. The number of benzene rings is 3. The van der Waals surface area contributed by atoms with E-state index in [0.29, 0.717) is 17.9 Å². The van der Waals surface area contributed by atoms with E-state index in [9.17, 15) is 4.79 Å². The summed E-state index contributed by atoms with van der Waals surface area (Å²) in [4.78, 5) is 12.9. The maximum atomic E-state index is 12.9. The van der Waals surface area contributed by atoms with Crippen molar-refractivity contribution < 1.29 is 4.79 Å². The molecule has 2 aliphatic carbocycles. The van der Waals surface area contributed by atoms with E-state index >= 15 is 0 Å². The Labute approximate surface area is 177 Å². The lowest BCUT2D eigenvalue weighted by molar-refractivity contribution is 0.102. The van der Waals surface area contributed by atoms with Gasteiger partial charge in [-0.25, -0.2) is 0 Å². The van der Waals surface area contributed by atoms with Crippen LogP contribution < -0.4 is 10.6 Å². The molecule has 5 atom stereocenters. The van der Waals surface area contributed by atoms with E-state index in [1.807, 2.05) is 36.4 Å².